The van der Waals surface area contributed by atoms with Crippen molar-refractivity contribution < 1.29 is 27.5 Å². The molecule has 0 unspecified atom stereocenters. The molecule has 3 rings (SSSR count). The van der Waals surface area contributed by atoms with Crippen molar-refractivity contribution in [3.8, 4) is 11.5 Å². The molecule has 2 aromatic carbocycles. The molecule has 7 nitrogen and oxygen atoms in total. The van der Waals surface area contributed by atoms with E-state index in [4.69, 9.17) is 27.9 Å². The Morgan fingerprint density at radius 1 is 0.970 bits per heavy atom. The second-order valence-corrected chi connectivity index (χ2v) is 7.26. The van der Waals surface area contributed by atoms with Gasteiger partial charge in [-0.2, -0.15) is 13.2 Å². The topological polar surface area (TPSA) is 92.3 Å². The van der Waals surface area contributed by atoms with Gasteiger partial charge >= 0.3 is 12.2 Å². The number of nitrogens with zero attached hydrogens (tertiary/aromatic N) is 1. The van der Waals surface area contributed by atoms with Crippen LogP contribution in [0.1, 0.15) is 15.9 Å². The summed E-state index contributed by atoms with van der Waals surface area (Å²) in [5.41, 5.74) is -0.657. The molecule has 0 saturated carbocycles. The maximum atomic E-state index is 13.0. The molecule has 0 aliphatic carbocycles. The number of aromatic nitrogens is 1. The fourth-order valence-electron chi connectivity index (χ4n) is 2.64. The predicted molar refractivity (Wildman–Crippen MR) is 118 cm³/mol. The Morgan fingerprint density at radius 2 is 1.61 bits per heavy atom. The second kappa shape index (κ2) is 9.97. The van der Waals surface area contributed by atoms with E-state index in [1.807, 2.05) is 0 Å². The summed E-state index contributed by atoms with van der Waals surface area (Å²) in [6.07, 6.45) is -2.01. The molecule has 0 aliphatic rings. The molecule has 1 aromatic heterocycles. The van der Waals surface area contributed by atoms with Crippen LogP contribution in [0.3, 0.4) is 0 Å². The average Bonchev–Trinajstić information content (AvgIpc) is 2.76. The summed E-state index contributed by atoms with van der Waals surface area (Å²) in [6, 6.07) is 8.31. The summed E-state index contributed by atoms with van der Waals surface area (Å²) >= 11 is 11.8. The number of halogens is 5. The lowest BCUT2D eigenvalue weighted by Crippen LogP contribution is -2.19. The van der Waals surface area contributed by atoms with E-state index in [0.29, 0.717) is 11.4 Å². The SMILES string of the molecule is CNC(=O)c1cncc(Oc2ccc(NC(=O)Nc3ccc(Cl)c(C(F)(F)F)c3)cc2)c1Cl. The number of rotatable bonds is 5. The number of amides is 3. The second-order valence-electron chi connectivity index (χ2n) is 6.48. The van der Waals surface area contributed by atoms with E-state index in [1.165, 1.54) is 49.8 Å². The first kappa shape index (κ1) is 24.1. The number of alkyl halides is 3. The molecule has 33 heavy (non-hydrogen) atoms. The Labute approximate surface area is 195 Å². The van der Waals surface area contributed by atoms with Crippen molar-refractivity contribution in [3.63, 3.8) is 0 Å². The first-order chi connectivity index (χ1) is 15.6. The molecule has 3 aromatic rings. The molecule has 172 valence electrons. The maximum absolute atomic E-state index is 13.0. The monoisotopic (exact) mass is 498 g/mol. The van der Waals surface area contributed by atoms with E-state index in [0.717, 1.165) is 12.1 Å². The van der Waals surface area contributed by atoms with Crippen LogP contribution in [-0.4, -0.2) is 24.0 Å². The van der Waals surface area contributed by atoms with Crippen molar-refractivity contribution in [1.29, 1.82) is 0 Å². The summed E-state index contributed by atoms with van der Waals surface area (Å²) in [5, 5.41) is 6.84. The molecule has 0 saturated heterocycles. The molecule has 12 heteroatoms. The normalized spacial score (nSPS) is 11.0. The van der Waals surface area contributed by atoms with Crippen LogP contribution in [0.4, 0.5) is 29.3 Å². The van der Waals surface area contributed by atoms with Gasteiger partial charge in [0.05, 0.1) is 27.4 Å². The van der Waals surface area contributed by atoms with Crippen LogP contribution < -0.4 is 20.7 Å². The van der Waals surface area contributed by atoms with E-state index in [1.54, 1.807) is 0 Å². The van der Waals surface area contributed by atoms with Gasteiger partial charge in [-0.05, 0) is 42.5 Å². The van der Waals surface area contributed by atoms with Gasteiger partial charge in [0.25, 0.3) is 5.91 Å². The zero-order chi connectivity index (χ0) is 24.2. The fraction of sp³-hybridized carbons (Fsp3) is 0.0952. The number of ether oxygens (including phenoxy) is 1. The molecule has 0 spiro atoms. The first-order valence-electron chi connectivity index (χ1n) is 9.16. The third kappa shape index (κ3) is 6.05. The number of anilines is 2. The largest absolute Gasteiger partial charge is 0.454 e. The molecular weight excluding hydrogens is 484 g/mol. The zero-order valence-corrected chi connectivity index (χ0v) is 18.3. The third-order valence-corrected chi connectivity index (χ3v) is 4.91. The minimum atomic E-state index is -4.65. The highest BCUT2D eigenvalue weighted by atomic mass is 35.5. The molecule has 3 amide bonds. The smallest absolute Gasteiger partial charge is 0.417 e. The Kier molecular flexibility index (Phi) is 7.29. The van der Waals surface area contributed by atoms with Crippen molar-refractivity contribution in [2.45, 2.75) is 6.18 Å². The summed E-state index contributed by atoms with van der Waals surface area (Å²) in [4.78, 5) is 27.9. The van der Waals surface area contributed by atoms with Crippen molar-refractivity contribution in [3.05, 3.63) is 76.0 Å². The van der Waals surface area contributed by atoms with Crippen molar-refractivity contribution >= 4 is 46.5 Å². The van der Waals surface area contributed by atoms with Crippen LogP contribution in [0.5, 0.6) is 11.5 Å². The van der Waals surface area contributed by atoms with Crippen molar-refractivity contribution in [2.75, 3.05) is 17.7 Å². The van der Waals surface area contributed by atoms with Gasteiger partial charge in [0.1, 0.15) is 5.75 Å². The number of pyridine rings is 1. The summed E-state index contributed by atoms with van der Waals surface area (Å²) < 4.78 is 44.5. The Hall–Kier alpha value is -3.50. The number of benzene rings is 2. The molecule has 1 heterocycles. The minimum absolute atomic E-state index is 0.0760. The molecule has 0 bridgehead atoms. The lowest BCUT2D eigenvalue weighted by atomic mass is 10.2. The van der Waals surface area contributed by atoms with E-state index in [2.05, 4.69) is 20.9 Å². The Balaban J connectivity index is 1.66. The Bertz CT molecular complexity index is 1190. The molecule has 0 radical (unpaired) electrons. The van der Waals surface area contributed by atoms with Crippen molar-refractivity contribution in [2.24, 2.45) is 0 Å². The number of nitrogens with one attached hydrogen (secondary N) is 3. The van der Waals surface area contributed by atoms with E-state index >= 15 is 0 Å². The summed E-state index contributed by atoms with van der Waals surface area (Å²) in [5.74, 6) is 0.0669. The zero-order valence-electron chi connectivity index (χ0n) is 16.8. The average molecular weight is 499 g/mol. The molecule has 0 aliphatic heterocycles. The van der Waals surface area contributed by atoms with Crippen LogP contribution in [0, 0.1) is 0 Å². The Morgan fingerprint density at radius 3 is 2.24 bits per heavy atom. The quantitative estimate of drug-likeness (QED) is 0.390. The van der Waals surface area contributed by atoms with Gasteiger partial charge < -0.3 is 20.7 Å². The van der Waals surface area contributed by atoms with Gasteiger partial charge in [-0.1, -0.05) is 23.2 Å². The van der Waals surface area contributed by atoms with E-state index < -0.39 is 28.7 Å². The minimum Gasteiger partial charge on any atom is -0.454 e. The maximum Gasteiger partial charge on any atom is 0.417 e. The summed E-state index contributed by atoms with van der Waals surface area (Å²) in [7, 11) is 1.45. The molecule has 0 fully saturated rings. The number of hydrogen-bond donors (Lipinski definition) is 3. The van der Waals surface area contributed by atoms with Gasteiger partial charge in [0.15, 0.2) is 5.75 Å². The number of carbonyl (C=O) groups excluding carboxylic acids is 2. The lowest BCUT2D eigenvalue weighted by Gasteiger charge is -2.13. The fourth-order valence-corrected chi connectivity index (χ4v) is 3.08. The highest BCUT2D eigenvalue weighted by Gasteiger charge is 2.33. The van der Waals surface area contributed by atoms with Crippen LogP contribution in [-0.2, 0) is 6.18 Å². The van der Waals surface area contributed by atoms with E-state index in [-0.39, 0.29) is 22.0 Å². The lowest BCUT2D eigenvalue weighted by molar-refractivity contribution is -0.137. The van der Waals surface area contributed by atoms with Gasteiger partial charge in [-0.25, -0.2) is 4.79 Å². The van der Waals surface area contributed by atoms with Gasteiger partial charge in [0.2, 0.25) is 0 Å². The van der Waals surface area contributed by atoms with Crippen LogP contribution in [0.15, 0.2) is 54.9 Å². The molecule has 3 N–H and O–H groups in total. The molecule has 0 atom stereocenters. The summed E-state index contributed by atoms with van der Waals surface area (Å²) in [6.45, 7) is 0. The van der Waals surface area contributed by atoms with Gasteiger partial charge in [-0.3, -0.25) is 9.78 Å². The van der Waals surface area contributed by atoms with Crippen LogP contribution in [0.25, 0.3) is 0 Å². The number of hydrogen-bond acceptors (Lipinski definition) is 4. The highest BCUT2D eigenvalue weighted by Crippen LogP contribution is 2.36. The highest BCUT2D eigenvalue weighted by molar-refractivity contribution is 6.35. The van der Waals surface area contributed by atoms with Gasteiger partial charge in [0, 0.05) is 24.6 Å². The standard InChI is InChI=1S/C21H15Cl2F3N4O3/c1-27-19(31)14-9-28-10-17(18(14)23)33-13-5-2-11(3-6-13)29-20(32)30-12-4-7-16(22)15(8-12)21(24,25)26/h2-10H,1H3,(H,27,31)(H2,29,30,32). The number of urea groups is 1. The van der Waals surface area contributed by atoms with Crippen LogP contribution >= 0.6 is 23.2 Å². The van der Waals surface area contributed by atoms with E-state index in [9.17, 15) is 22.8 Å². The third-order valence-electron chi connectivity index (χ3n) is 4.19. The van der Waals surface area contributed by atoms with Crippen molar-refractivity contribution in [1.82, 2.24) is 10.3 Å². The first-order valence-corrected chi connectivity index (χ1v) is 9.92. The van der Waals surface area contributed by atoms with Gasteiger partial charge in [-0.15, -0.1) is 0 Å². The predicted octanol–water partition coefficient (Wildman–Crippen LogP) is 6.20. The molecular formula is C21H15Cl2F3N4O3. The number of carbonyl (C=O) groups is 2. The van der Waals surface area contributed by atoms with Crippen LogP contribution in [0.2, 0.25) is 10.0 Å².